The normalized spacial score (nSPS) is 11.8. The van der Waals surface area contributed by atoms with E-state index in [0.29, 0.717) is 23.7 Å². The molecule has 0 aromatic carbocycles. The molecule has 7 heteroatoms. The van der Waals surface area contributed by atoms with Crippen LogP contribution in [0.1, 0.15) is 27.8 Å². The number of hydrogen-bond donors (Lipinski definition) is 0. The lowest BCUT2D eigenvalue weighted by molar-refractivity contribution is 0.0593. The molecular weight excluding hydrogens is 342 g/mol. The highest BCUT2D eigenvalue weighted by Crippen LogP contribution is 2.22. The summed E-state index contributed by atoms with van der Waals surface area (Å²) in [6, 6.07) is 9.00. The first-order valence-corrected chi connectivity index (χ1v) is 8.53. The van der Waals surface area contributed by atoms with E-state index in [1.54, 1.807) is 50.8 Å². The molecule has 0 aliphatic carbocycles. The van der Waals surface area contributed by atoms with Crippen LogP contribution in [0, 0.1) is 6.92 Å². The lowest BCUT2D eigenvalue weighted by atomic mass is 10.1. The van der Waals surface area contributed by atoms with Crippen LogP contribution in [0.3, 0.4) is 0 Å². The minimum Gasteiger partial charge on any atom is -0.382 e. The van der Waals surface area contributed by atoms with Crippen molar-refractivity contribution in [3.63, 3.8) is 0 Å². The summed E-state index contributed by atoms with van der Waals surface area (Å²) in [5.41, 5.74) is 2.62. The van der Waals surface area contributed by atoms with E-state index in [-0.39, 0.29) is 11.9 Å². The topological polar surface area (TPSA) is 81.1 Å². The number of aryl methyl sites for hydroxylation is 1. The molecule has 138 valence electrons. The van der Waals surface area contributed by atoms with Gasteiger partial charge in [-0.05, 0) is 31.2 Å². The van der Waals surface area contributed by atoms with E-state index < -0.39 is 0 Å². The molecule has 0 aliphatic rings. The third-order valence-corrected chi connectivity index (χ3v) is 4.27. The zero-order valence-electron chi connectivity index (χ0n) is 15.5. The number of likely N-dealkylation sites (N-methyl/N-ethyl adjacent to an activating group) is 1. The first-order valence-electron chi connectivity index (χ1n) is 8.53. The summed E-state index contributed by atoms with van der Waals surface area (Å²) < 4.78 is 5.30. The molecule has 0 saturated heterocycles. The Balaban J connectivity index is 1.88. The van der Waals surface area contributed by atoms with E-state index in [0.717, 1.165) is 11.3 Å². The van der Waals surface area contributed by atoms with Gasteiger partial charge in [-0.15, -0.1) is 0 Å². The van der Waals surface area contributed by atoms with Gasteiger partial charge in [0.2, 0.25) is 0 Å². The first-order chi connectivity index (χ1) is 13.1. The second-order valence-corrected chi connectivity index (χ2v) is 6.08. The Morgan fingerprint density at radius 3 is 2.63 bits per heavy atom. The number of carbonyl (C=O) groups is 1. The Morgan fingerprint density at radius 1 is 1.15 bits per heavy atom. The molecule has 3 rings (SSSR count). The van der Waals surface area contributed by atoms with Gasteiger partial charge in [-0.25, -0.2) is 9.97 Å². The van der Waals surface area contributed by atoms with Crippen molar-refractivity contribution in [2.75, 3.05) is 20.8 Å². The molecule has 0 fully saturated rings. The lowest BCUT2D eigenvalue weighted by Gasteiger charge is -2.27. The Morgan fingerprint density at radius 2 is 2.00 bits per heavy atom. The van der Waals surface area contributed by atoms with Gasteiger partial charge >= 0.3 is 0 Å². The summed E-state index contributed by atoms with van der Waals surface area (Å²) >= 11 is 0. The number of aromatic nitrogens is 4. The predicted molar refractivity (Wildman–Crippen MR) is 101 cm³/mol. The van der Waals surface area contributed by atoms with Crippen molar-refractivity contribution in [2.24, 2.45) is 0 Å². The molecule has 0 N–H and O–H groups in total. The smallest absolute Gasteiger partial charge is 0.257 e. The summed E-state index contributed by atoms with van der Waals surface area (Å²) in [4.78, 5) is 31.9. The quantitative estimate of drug-likeness (QED) is 0.670. The number of amides is 1. The van der Waals surface area contributed by atoms with Gasteiger partial charge in [-0.1, -0.05) is 6.07 Å². The molecule has 0 aliphatic heterocycles. The number of nitrogens with zero attached hydrogens (tertiary/aromatic N) is 5. The Bertz CT molecular complexity index is 903. The van der Waals surface area contributed by atoms with Crippen molar-refractivity contribution in [3.05, 3.63) is 72.1 Å². The number of carbonyl (C=O) groups excluding carboxylic acids is 1. The molecule has 3 heterocycles. The third-order valence-electron chi connectivity index (χ3n) is 4.27. The van der Waals surface area contributed by atoms with Gasteiger partial charge in [0.15, 0.2) is 5.82 Å². The van der Waals surface area contributed by atoms with Crippen molar-refractivity contribution < 1.29 is 9.53 Å². The van der Waals surface area contributed by atoms with Gasteiger partial charge in [-0.3, -0.25) is 14.8 Å². The maximum absolute atomic E-state index is 13.1. The molecule has 27 heavy (non-hydrogen) atoms. The van der Waals surface area contributed by atoms with Crippen LogP contribution in [0.5, 0.6) is 0 Å². The fourth-order valence-corrected chi connectivity index (χ4v) is 2.77. The van der Waals surface area contributed by atoms with Crippen molar-refractivity contribution in [3.8, 4) is 11.4 Å². The van der Waals surface area contributed by atoms with Crippen molar-refractivity contribution in [2.45, 2.75) is 13.0 Å². The zero-order chi connectivity index (χ0) is 19.2. The van der Waals surface area contributed by atoms with Crippen LogP contribution in [0.15, 0.2) is 55.1 Å². The Hall–Kier alpha value is -3.19. The van der Waals surface area contributed by atoms with E-state index in [1.165, 1.54) is 0 Å². The molecule has 0 unspecified atom stereocenters. The average Bonchev–Trinajstić information content (AvgIpc) is 2.72. The van der Waals surface area contributed by atoms with E-state index in [2.05, 4.69) is 19.9 Å². The molecule has 3 aromatic rings. The number of methoxy groups -OCH3 is 1. The largest absolute Gasteiger partial charge is 0.382 e. The predicted octanol–water partition coefficient (Wildman–Crippen LogP) is 2.70. The first kappa shape index (κ1) is 18.6. The van der Waals surface area contributed by atoms with Crippen LogP contribution in [0.2, 0.25) is 0 Å². The van der Waals surface area contributed by atoms with Crippen LogP contribution in [0.25, 0.3) is 11.4 Å². The maximum atomic E-state index is 13.1. The zero-order valence-corrected chi connectivity index (χ0v) is 15.5. The van der Waals surface area contributed by atoms with Crippen LogP contribution < -0.4 is 0 Å². The molecule has 3 aromatic heterocycles. The molecule has 7 nitrogen and oxygen atoms in total. The van der Waals surface area contributed by atoms with E-state index >= 15 is 0 Å². The molecule has 0 spiro atoms. The van der Waals surface area contributed by atoms with Gasteiger partial charge in [0.1, 0.15) is 0 Å². The van der Waals surface area contributed by atoms with Gasteiger partial charge in [0.05, 0.1) is 29.6 Å². The fraction of sp³-hybridized carbons (Fsp3) is 0.250. The maximum Gasteiger partial charge on any atom is 0.257 e. The fourth-order valence-electron chi connectivity index (χ4n) is 2.77. The molecule has 1 atom stereocenters. The third kappa shape index (κ3) is 4.15. The molecule has 0 radical (unpaired) electrons. The minimum atomic E-state index is -0.305. The average molecular weight is 363 g/mol. The number of ether oxygens (including phenoxy) is 1. The minimum absolute atomic E-state index is 0.182. The molecular formula is C20H21N5O2. The van der Waals surface area contributed by atoms with Crippen molar-refractivity contribution in [1.82, 2.24) is 24.8 Å². The molecule has 0 bridgehead atoms. The second kappa shape index (κ2) is 8.46. The van der Waals surface area contributed by atoms with E-state index in [4.69, 9.17) is 4.74 Å². The summed E-state index contributed by atoms with van der Waals surface area (Å²) in [6.07, 6.45) is 6.65. The Labute approximate surface area is 158 Å². The summed E-state index contributed by atoms with van der Waals surface area (Å²) in [5.74, 6) is 0.357. The van der Waals surface area contributed by atoms with E-state index in [1.807, 2.05) is 30.3 Å². The highest BCUT2D eigenvalue weighted by molar-refractivity contribution is 5.95. The number of hydrogen-bond acceptors (Lipinski definition) is 6. The SMILES string of the molecule is COC[C@@H](c1ccccn1)N(C)C(=O)c1cnc(-c2cccnc2)nc1C. The monoisotopic (exact) mass is 363 g/mol. The highest BCUT2D eigenvalue weighted by atomic mass is 16.5. The van der Waals surface area contributed by atoms with Crippen molar-refractivity contribution in [1.29, 1.82) is 0 Å². The summed E-state index contributed by atoms with van der Waals surface area (Å²) in [6.45, 7) is 2.14. The molecule has 0 saturated carbocycles. The van der Waals surface area contributed by atoms with Crippen LogP contribution in [-0.2, 0) is 4.74 Å². The summed E-state index contributed by atoms with van der Waals surface area (Å²) in [7, 11) is 3.33. The van der Waals surface area contributed by atoms with Gasteiger partial charge in [0.25, 0.3) is 5.91 Å². The van der Waals surface area contributed by atoms with E-state index in [9.17, 15) is 4.79 Å². The van der Waals surface area contributed by atoms with Gasteiger partial charge in [0, 0.05) is 44.5 Å². The van der Waals surface area contributed by atoms with Crippen LogP contribution >= 0.6 is 0 Å². The lowest BCUT2D eigenvalue weighted by Crippen LogP contribution is -2.34. The van der Waals surface area contributed by atoms with Gasteiger partial charge < -0.3 is 9.64 Å². The molecule has 1 amide bonds. The summed E-state index contributed by atoms with van der Waals surface area (Å²) in [5, 5.41) is 0. The standard InChI is InChI=1S/C20H21N5O2/c1-14-16(12-23-19(24-14)15-7-6-9-21-11-15)20(26)25(2)18(13-27-3)17-8-4-5-10-22-17/h4-12,18H,13H2,1-3H3/t18-/m0/s1. The van der Waals surface area contributed by atoms with Crippen LogP contribution in [0.4, 0.5) is 0 Å². The number of rotatable bonds is 6. The Kier molecular flexibility index (Phi) is 5.83. The van der Waals surface area contributed by atoms with Crippen molar-refractivity contribution >= 4 is 5.91 Å². The van der Waals surface area contributed by atoms with Crippen LogP contribution in [-0.4, -0.2) is 51.5 Å². The highest BCUT2D eigenvalue weighted by Gasteiger charge is 2.25. The number of pyridine rings is 2. The van der Waals surface area contributed by atoms with Gasteiger partial charge in [-0.2, -0.15) is 0 Å². The second-order valence-electron chi connectivity index (χ2n) is 6.08.